The van der Waals surface area contributed by atoms with Gasteiger partial charge in [0.15, 0.2) is 0 Å². The minimum Gasteiger partial charge on any atom is -0.369 e. The number of hydrogen-bond acceptors (Lipinski definition) is 2. The molecule has 0 radical (unpaired) electrons. The van der Waals surface area contributed by atoms with Crippen molar-refractivity contribution in [3.63, 3.8) is 0 Å². The van der Waals surface area contributed by atoms with Crippen LogP contribution in [0.15, 0.2) is 18.2 Å². The highest BCUT2D eigenvalue weighted by atomic mass is 35.5. The zero-order chi connectivity index (χ0) is 10.6. The Bertz CT molecular complexity index is 321. The van der Waals surface area contributed by atoms with Crippen molar-refractivity contribution in [1.82, 2.24) is 5.32 Å². The molecule has 76 valence electrons. The highest BCUT2D eigenvalue weighted by Crippen LogP contribution is 2.23. The Morgan fingerprint density at radius 2 is 1.93 bits per heavy atom. The predicted molar refractivity (Wildman–Crippen MR) is 57.4 cm³/mol. The summed E-state index contributed by atoms with van der Waals surface area (Å²) in [6, 6.07) is 5.26. The molecule has 0 heterocycles. The SMILES string of the molecule is NC(=O)CNCc1c(Cl)cccc1Cl. The van der Waals surface area contributed by atoms with Crippen LogP contribution in [0.3, 0.4) is 0 Å². The van der Waals surface area contributed by atoms with Gasteiger partial charge in [-0.05, 0) is 12.1 Å². The third-order valence-electron chi connectivity index (χ3n) is 1.66. The quantitative estimate of drug-likeness (QED) is 0.829. The van der Waals surface area contributed by atoms with Crippen LogP contribution in [0, 0.1) is 0 Å². The highest BCUT2D eigenvalue weighted by molar-refractivity contribution is 6.35. The lowest BCUT2D eigenvalue weighted by Gasteiger charge is -2.06. The van der Waals surface area contributed by atoms with Crippen molar-refractivity contribution >= 4 is 29.1 Å². The summed E-state index contributed by atoms with van der Waals surface area (Å²) < 4.78 is 0. The van der Waals surface area contributed by atoms with E-state index in [1.165, 1.54) is 0 Å². The summed E-state index contributed by atoms with van der Waals surface area (Å²) in [6.45, 7) is 0.545. The standard InChI is InChI=1S/C9H10Cl2N2O/c10-7-2-1-3-8(11)6(7)4-13-5-9(12)14/h1-3,13H,4-5H2,(H2,12,14). The van der Waals surface area contributed by atoms with Crippen LogP contribution >= 0.6 is 23.2 Å². The Balaban J connectivity index is 2.62. The van der Waals surface area contributed by atoms with E-state index in [1.807, 2.05) is 0 Å². The fraction of sp³-hybridized carbons (Fsp3) is 0.222. The number of amides is 1. The van der Waals surface area contributed by atoms with E-state index in [9.17, 15) is 4.79 Å². The van der Waals surface area contributed by atoms with Gasteiger partial charge in [-0.25, -0.2) is 0 Å². The molecule has 0 fully saturated rings. The van der Waals surface area contributed by atoms with Crippen molar-refractivity contribution < 1.29 is 4.79 Å². The van der Waals surface area contributed by atoms with Crippen molar-refractivity contribution in [3.05, 3.63) is 33.8 Å². The lowest BCUT2D eigenvalue weighted by molar-refractivity contribution is -0.117. The predicted octanol–water partition coefficient (Wildman–Crippen LogP) is 1.57. The smallest absolute Gasteiger partial charge is 0.231 e. The van der Waals surface area contributed by atoms with Gasteiger partial charge in [0.2, 0.25) is 5.91 Å². The van der Waals surface area contributed by atoms with Gasteiger partial charge in [-0.1, -0.05) is 29.3 Å². The Labute approximate surface area is 92.2 Å². The second-order valence-corrected chi connectivity index (χ2v) is 3.58. The topological polar surface area (TPSA) is 55.1 Å². The molecule has 0 unspecified atom stereocenters. The summed E-state index contributed by atoms with van der Waals surface area (Å²) in [7, 11) is 0. The molecule has 1 aromatic rings. The number of nitrogens with two attached hydrogens (primary N) is 1. The lowest BCUT2D eigenvalue weighted by Crippen LogP contribution is -2.28. The van der Waals surface area contributed by atoms with E-state index in [-0.39, 0.29) is 6.54 Å². The molecule has 0 bridgehead atoms. The first-order valence-electron chi connectivity index (χ1n) is 4.03. The zero-order valence-corrected chi connectivity index (χ0v) is 8.90. The van der Waals surface area contributed by atoms with Crippen molar-refractivity contribution in [2.24, 2.45) is 5.73 Å². The van der Waals surface area contributed by atoms with Gasteiger partial charge in [-0.3, -0.25) is 4.79 Å². The van der Waals surface area contributed by atoms with Crippen molar-refractivity contribution in [2.75, 3.05) is 6.54 Å². The highest BCUT2D eigenvalue weighted by Gasteiger charge is 2.04. The second-order valence-electron chi connectivity index (χ2n) is 2.77. The minimum absolute atomic E-state index is 0.113. The van der Waals surface area contributed by atoms with Crippen LogP contribution < -0.4 is 11.1 Å². The normalized spacial score (nSPS) is 10.1. The van der Waals surface area contributed by atoms with Gasteiger partial charge >= 0.3 is 0 Å². The molecule has 3 N–H and O–H groups in total. The summed E-state index contributed by atoms with van der Waals surface area (Å²) in [4.78, 5) is 10.5. The summed E-state index contributed by atoms with van der Waals surface area (Å²) in [6.07, 6.45) is 0. The van der Waals surface area contributed by atoms with E-state index >= 15 is 0 Å². The first-order chi connectivity index (χ1) is 6.61. The van der Waals surface area contributed by atoms with Gasteiger partial charge in [0, 0.05) is 22.2 Å². The number of primary amides is 1. The van der Waals surface area contributed by atoms with E-state index < -0.39 is 5.91 Å². The van der Waals surface area contributed by atoms with Crippen LogP contribution in [0.5, 0.6) is 0 Å². The van der Waals surface area contributed by atoms with Gasteiger partial charge in [-0.2, -0.15) is 0 Å². The molecule has 0 spiro atoms. The summed E-state index contributed by atoms with van der Waals surface area (Å²) in [5.74, 6) is -0.409. The lowest BCUT2D eigenvalue weighted by atomic mass is 10.2. The molecule has 1 rings (SSSR count). The average molecular weight is 233 g/mol. The maximum Gasteiger partial charge on any atom is 0.231 e. The molecule has 14 heavy (non-hydrogen) atoms. The molecule has 3 nitrogen and oxygen atoms in total. The molecule has 1 aromatic carbocycles. The van der Waals surface area contributed by atoms with Gasteiger partial charge in [0.25, 0.3) is 0 Å². The average Bonchev–Trinajstić information content (AvgIpc) is 2.09. The molecule has 0 saturated heterocycles. The summed E-state index contributed by atoms with van der Waals surface area (Å²) >= 11 is 11.8. The van der Waals surface area contributed by atoms with Crippen LogP contribution in [0.25, 0.3) is 0 Å². The molecule has 0 aliphatic rings. The first-order valence-corrected chi connectivity index (χ1v) is 4.78. The van der Waals surface area contributed by atoms with Crippen molar-refractivity contribution in [2.45, 2.75) is 6.54 Å². The number of rotatable bonds is 4. The zero-order valence-electron chi connectivity index (χ0n) is 7.39. The van der Waals surface area contributed by atoms with E-state index in [0.29, 0.717) is 16.6 Å². The van der Waals surface area contributed by atoms with Gasteiger partial charge in [0.05, 0.1) is 6.54 Å². The van der Waals surface area contributed by atoms with Crippen LogP contribution in [0.4, 0.5) is 0 Å². The van der Waals surface area contributed by atoms with Gasteiger partial charge < -0.3 is 11.1 Å². The molecule has 1 amide bonds. The Kier molecular flexibility index (Phi) is 4.20. The van der Waals surface area contributed by atoms with Crippen molar-refractivity contribution in [3.8, 4) is 0 Å². The molecular formula is C9H10Cl2N2O. The Hall–Kier alpha value is -0.770. The number of halogens is 2. The fourth-order valence-electron chi connectivity index (χ4n) is 1.01. The number of nitrogens with one attached hydrogen (secondary N) is 1. The number of carbonyl (C=O) groups excluding carboxylic acids is 1. The molecule has 0 aliphatic heterocycles. The van der Waals surface area contributed by atoms with E-state index in [4.69, 9.17) is 28.9 Å². The summed E-state index contributed by atoms with van der Waals surface area (Å²) in [5.41, 5.74) is 5.74. The van der Waals surface area contributed by atoms with Crippen LogP contribution in [-0.2, 0) is 11.3 Å². The third kappa shape index (κ3) is 3.18. The molecular weight excluding hydrogens is 223 g/mol. The van der Waals surface area contributed by atoms with E-state index in [2.05, 4.69) is 5.32 Å². The van der Waals surface area contributed by atoms with E-state index in [1.54, 1.807) is 18.2 Å². The maximum absolute atomic E-state index is 10.5. The molecule has 0 aliphatic carbocycles. The van der Waals surface area contributed by atoms with Crippen LogP contribution in [0.1, 0.15) is 5.56 Å². The summed E-state index contributed by atoms with van der Waals surface area (Å²) in [5, 5.41) is 4.00. The first kappa shape index (κ1) is 11.3. The van der Waals surface area contributed by atoms with Gasteiger partial charge in [-0.15, -0.1) is 0 Å². The maximum atomic E-state index is 10.5. The third-order valence-corrected chi connectivity index (χ3v) is 2.37. The number of carbonyl (C=O) groups is 1. The molecule has 0 saturated carbocycles. The molecule has 0 aromatic heterocycles. The fourth-order valence-corrected chi connectivity index (χ4v) is 1.54. The van der Waals surface area contributed by atoms with Gasteiger partial charge in [0.1, 0.15) is 0 Å². The van der Waals surface area contributed by atoms with Crippen molar-refractivity contribution in [1.29, 1.82) is 0 Å². The number of hydrogen-bond donors (Lipinski definition) is 2. The Morgan fingerprint density at radius 3 is 2.43 bits per heavy atom. The monoisotopic (exact) mass is 232 g/mol. The Morgan fingerprint density at radius 1 is 1.36 bits per heavy atom. The second kappa shape index (κ2) is 5.20. The van der Waals surface area contributed by atoms with Crippen LogP contribution in [-0.4, -0.2) is 12.5 Å². The van der Waals surface area contributed by atoms with E-state index in [0.717, 1.165) is 5.56 Å². The van der Waals surface area contributed by atoms with Crippen LogP contribution in [0.2, 0.25) is 10.0 Å². The number of benzene rings is 1. The largest absolute Gasteiger partial charge is 0.369 e. The molecule has 0 atom stereocenters. The minimum atomic E-state index is -0.409. The molecule has 5 heteroatoms.